The lowest BCUT2D eigenvalue weighted by atomic mass is 10.0. The molecule has 0 unspecified atom stereocenters. The van der Waals surface area contributed by atoms with Crippen LogP contribution in [-0.4, -0.2) is 14.4 Å². The molecule has 0 aliphatic heterocycles. The molecular formula is C15H15N3O. The Morgan fingerprint density at radius 1 is 1.26 bits per heavy atom. The molecule has 1 N–H and O–H groups in total. The average Bonchev–Trinajstić information content (AvgIpc) is 2.83. The van der Waals surface area contributed by atoms with Gasteiger partial charge < -0.3 is 4.98 Å². The van der Waals surface area contributed by atoms with Crippen LogP contribution in [-0.2, 0) is 0 Å². The Bertz CT molecular complexity index is 771. The highest BCUT2D eigenvalue weighted by atomic mass is 16.1. The van der Waals surface area contributed by atoms with E-state index in [0.29, 0.717) is 5.52 Å². The number of aromatic nitrogens is 3. The van der Waals surface area contributed by atoms with Gasteiger partial charge in [-0.15, -0.1) is 0 Å². The second-order valence-corrected chi connectivity index (χ2v) is 4.77. The first-order valence-corrected chi connectivity index (χ1v) is 6.28. The smallest absolute Gasteiger partial charge is 0.274 e. The monoisotopic (exact) mass is 253 g/mol. The molecule has 4 heteroatoms. The van der Waals surface area contributed by atoms with Crippen LogP contribution in [0.3, 0.4) is 0 Å². The zero-order chi connectivity index (χ0) is 13.4. The van der Waals surface area contributed by atoms with Gasteiger partial charge in [-0.25, -0.2) is 4.98 Å². The molecule has 19 heavy (non-hydrogen) atoms. The van der Waals surface area contributed by atoms with E-state index in [0.717, 1.165) is 11.5 Å². The van der Waals surface area contributed by atoms with Crippen LogP contribution in [0.15, 0.2) is 47.5 Å². The molecular weight excluding hydrogens is 238 g/mol. The molecule has 96 valence electrons. The fourth-order valence-electron chi connectivity index (χ4n) is 2.36. The summed E-state index contributed by atoms with van der Waals surface area (Å²) in [5.41, 5.74) is 2.51. The van der Waals surface area contributed by atoms with E-state index in [1.807, 2.05) is 35.7 Å². The van der Waals surface area contributed by atoms with Crippen molar-refractivity contribution >= 4 is 5.52 Å². The summed E-state index contributed by atoms with van der Waals surface area (Å²) in [6.45, 7) is 3.97. The van der Waals surface area contributed by atoms with Crippen LogP contribution in [0.2, 0.25) is 0 Å². The van der Waals surface area contributed by atoms with Gasteiger partial charge in [-0.3, -0.25) is 9.20 Å². The molecule has 0 saturated heterocycles. The van der Waals surface area contributed by atoms with Crippen molar-refractivity contribution in [1.29, 1.82) is 0 Å². The molecule has 0 fully saturated rings. The summed E-state index contributed by atoms with van der Waals surface area (Å²) >= 11 is 0. The Labute approximate surface area is 110 Å². The summed E-state index contributed by atoms with van der Waals surface area (Å²) < 4.78 is 1.88. The number of nitrogens with one attached hydrogen (secondary N) is 1. The van der Waals surface area contributed by atoms with Crippen molar-refractivity contribution in [1.82, 2.24) is 14.4 Å². The lowest BCUT2D eigenvalue weighted by Gasteiger charge is -2.11. The van der Waals surface area contributed by atoms with Crippen LogP contribution in [0, 0.1) is 6.92 Å². The first-order valence-electron chi connectivity index (χ1n) is 6.28. The number of imidazole rings is 1. The summed E-state index contributed by atoms with van der Waals surface area (Å²) in [4.78, 5) is 19.1. The highest BCUT2D eigenvalue weighted by Crippen LogP contribution is 2.22. The largest absolute Gasteiger partial charge is 0.323 e. The number of benzene rings is 1. The molecule has 3 aromatic rings. The molecule has 0 amide bonds. The van der Waals surface area contributed by atoms with Crippen molar-refractivity contribution in [3.05, 3.63) is 70.2 Å². The lowest BCUT2D eigenvalue weighted by Crippen LogP contribution is -2.12. The Hall–Kier alpha value is -2.36. The topological polar surface area (TPSA) is 50.2 Å². The van der Waals surface area contributed by atoms with Crippen LogP contribution < -0.4 is 5.56 Å². The van der Waals surface area contributed by atoms with Crippen LogP contribution in [0.5, 0.6) is 0 Å². The van der Waals surface area contributed by atoms with Crippen LogP contribution in [0.4, 0.5) is 0 Å². The standard InChI is InChI=1S/C15H15N3O/c1-10-9-18-13(15(19)17-10)8-16-14(18)11(2)12-6-4-3-5-7-12/h3-9,11H,1-2H3,(H,17,19)/t11-/m1/s1. The predicted molar refractivity (Wildman–Crippen MR) is 74.5 cm³/mol. The third-order valence-electron chi connectivity index (χ3n) is 3.38. The molecule has 1 atom stereocenters. The van der Waals surface area contributed by atoms with Crippen molar-refractivity contribution in [3.63, 3.8) is 0 Å². The molecule has 0 bridgehead atoms. The van der Waals surface area contributed by atoms with E-state index in [-0.39, 0.29) is 11.5 Å². The van der Waals surface area contributed by atoms with Gasteiger partial charge in [0.05, 0.1) is 6.20 Å². The van der Waals surface area contributed by atoms with Gasteiger partial charge in [0.1, 0.15) is 11.3 Å². The summed E-state index contributed by atoms with van der Waals surface area (Å²) in [6, 6.07) is 10.2. The van der Waals surface area contributed by atoms with E-state index < -0.39 is 0 Å². The third-order valence-corrected chi connectivity index (χ3v) is 3.38. The minimum atomic E-state index is -0.0981. The number of rotatable bonds is 2. The zero-order valence-corrected chi connectivity index (χ0v) is 10.9. The van der Waals surface area contributed by atoms with Crippen LogP contribution in [0.1, 0.15) is 29.9 Å². The molecule has 2 aromatic heterocycles. The fourth-order valence-corrected chi connectivity index (χ4v) is 2.36. The summed E-state index contributed by atoms with van der Waals surface area (Å²) in [5.74, 6) is 1.03. The summed E-state index contributed by atoms with van der Waals surface area (Å²) in [5, 5.41) is 0. The number of hydrogen-bond acceptors (Lipinski definition) is 2. The quantitative estimate of drug-likeness (QED) is 0.762. The number of hydrogen-bond donors (Lipinski definition) is 1. The maximum atomic E-state index is 11.9. The number of aryl methyl sites for hydroxylation is 1. The van der Waals surface area contributed by atoms with E-state index in [9.17, 15) is 4.79 Å². The molecule has 3 rings (SSSR count). The average molecular weight is 253 g/mol. The number of nitrogens with zero attached hydrogens (tertiary/aromatic N) is 2. The van der Waals surface area contributed by atoms with Crippen molar-refractivity contribution < 1.29 is 0 Å². The van der Waals surface area contributed by atoms with Gasteiger partial charge in [0.25, 0.3) is 5.56 Å². The van der Waals surface area contributed by atoms with E-state index in [4.69, 9.17) is 0 Å². The molecule has 0 spiro atoms. The van der Waals surface area contributed by atoms with Crippen molar-refractivity contribution in [3.8, 4) is 0 Å². The van der Waals surface area contributed by atoms with E-state index in [1.165, 1.54) is 5.56 Å². The fraction of sp³-hybridized carbons (Fsp3) is 0.200. The predicted octanol–water partition coefficient (Wildman–Crippen LogP) is 2.48. The molecule has 0 aliphatic rings. The van der Waals surface area contributed by atoms with Gasteiger partial charge in [0.15, 0.2) is 0 Å². The van der Waals surface area contributed by atoms with E-state index >= 15 is 0 Å². The van der Waals surface area contributed by atoms with Gasteiger partial charge >= 0.3 is 0 Å². The van der Waals surface area contributed by atoms with Gasteiger partial charge in [0, 0.05) is 17.8 Å². The maximum absolute atomic E-state index is 11.9. The second kappa shape index (κ2) is 4.39. The first kappa shape index (κ1) is 11.7. The SMILES string of the molecule is Cc1cn2c([C@H](C)c3ccccc3)ncc2c(=O)[nH]1. The maximum Gasteiger partial charge on any atom is 0.274 e. The normalized spacial score (nSPS) is 12.7. The minimum Gasteiger partial charge on any atom is -0.323 e. The second-order valence-electron chi connectivity index (χ2n) is 4.77. The van der Waals surface area contributed by atoms with Crippen LogP contribution in [0.25, 0.3) is 5.52 Å². The first-order chi connectivity index (χ1) is 9.16. The van der Waals surface area contributed by atoms with E-state index in [1.54, 1.807) is 6.20 Å². The van der Waals surface area contributed by atoms with Crippen molar-refractivity contribution in [2.24, 2.45) is 0 Å². The van der Waals surface area contributed by atoms with Crippen LogP contribution >= 0.6 is 0 Å². The molecule has 2 heterocycles. The minimum absolute atomic E-state index is 0.0981. The van der Waals surface area contributed by atoms with E-state index in [2.05, 4.69) is 29.0 Å². The summed E-state index contributed by atoms with van der Waals surface area (Å²) in [7, 11) is 0. The van der Waals surface area contributed by atoms with Crippen molar-refractivity contribution in [2.75, 3.05) is 0 Å². The van der Waals surface area contributed by atoms with Gasteiger partial charge in [-0.05, 0) is 12.5 Å². The van der Waals surface area contributed by atoms with Gasteiger partial charge in [-0.2, -0.15) is 0 Å². The molecule has 0 aliphatic carbocycles. The Kier molecular flexibility index (Phi) is 2.71. The molecule has 1 aromatic carbocycles. The summed E-state index contributed by atoms with van der Waals surface area (Å²) in [6.07, 6.45) is 3.55. The zero-order valence-electron chi connectivity index (χ0n) is 10.9. The lowest BCUT2D eigenvalue weighted by molar-refractivity contribution is 0.804. The number of H-pyrrole nitrogens is 1. The highest BCUT2D eigenvalue weighted by molar-refractivity contribution is 5.45. The molecule has 4 nitrogen and oxygen atoms in total. The van der Waals surface area contributed by atoms with Crippen molar-refractivity contribution in [2.45, 2.75) is 19.8 Å². The Morgan fingerprint density at radius 3 is 2.74 bits per heavy atom. The number of fused-ring (bicyclic) bond motifs is 1. The van der Waals surface area contributed by atoms with Gasteiger partial charge in [-0.1, -0.05) is 37.3 Å². The highest BCUT2D eigenvalue weighted by Gasteiger charge is 2.15. The third kappa shape index (κ3) is 1.95. The van der Waals surface area contributed by atoms with Gasteiger partial charge in [0.2, 0.25) is 0 Å². The Balaban J connectivity index is 2.19. The Morgan fingerprint density at radius 2 is 2.00 bits per heavy atom. The molecule has 0 saturated carbocycles. The number of aromatic amines is 1. The molecule has 0 radical (unpaired) electrons.